The van der Waals surface area contributed by atoms with Crippen LogP contribution >= 0.6 is 10.8 Å². The molecule has 5 heteroatoms. The molecule has 0 radical (unpaired) electrons. The van der Waals surface area contributed by atoms with Crippen LogP contribution in [-0.2, 0) is 0 Å². The van der Waals surface area contributed by atoms with Crippen LogP contribution in [0.5, 0.6) is 0 Å². The van der Waals surface area contributed by atoms with Crippen molar-refractivity contribution >= 4 is 10.8 Å². The smallest absolute Gasteiger partial charge is 0.133 e. The molecule has 0 aromatic rings. The molecule has 0 aromatic carbocycles. The SMILES string of the molecule is CC(CC(C#N)C#N)CS(C)(F)F. The summed E-state index contributed by atoms with van der Waals surface area (Å²) in [5.41, 5.74) is 0. The van der Waals surface area contributed by atoms with E-state index in [0.717, 1.165) is 6.26 Å². The topological polar surface area (TPSA) is 47.6 Å². The first-order valence-corrected chi connectivity index (χ1v) is 5.84. The predicted octanol–water partition coefficient (Wildman–Crippen LogP) is 2.88. The van der Waals surface area contributed by atoms with Crippen molar-refractivity contribution in [1.82, 2.24) is 0 Å². The molecule has 0 rings (SSSR count). The van der Waals surface area contributed by atoms with E-state index < -0.39 is 16.7 Å². The fourth-order valence-corrected chi connectivity index (χ4v) is 2.24. The highest BCUT2D eigenvalue weighted by Crippen LogP contribution is 2.49. The maximum absolute atomic E-state index is 12.5. The van der Waals surface area contributed by atoms with Gasteiger partial charge in [0.05, 0.1) is 22.9 Å². The van der Waals surface area contributed by atoms with Crippen LogP contribution < -0.4 is 0 Å². The van der Waals surface area contributed by atoms with Gasteiger partial charge < -0.3 is 0 Å². The third-order valence-corrected chi connectivity index (χ3v) is 2.68. The molecule has 0 saturated heterocycles. The Hall–Kier alpha value is -0.810. The fraction of sp³-hybridized carbons (Fsp3) is 0.750. The summed E-state index contributed by atoms with van der Waals surface area (Å²) >= 11 is 0. The van der Waals surface area contributed by atoms with E-state index in [1.165, 1.54) is 0 Å². The third kappa shape index (κ3) is 6.36. The van der Waals surface area contributed by atoms with Gasteiger partial charge in [-0.2, -0.15) is 18.3 Å². The average molecular weight is 206 g/mol. The number of rotatable bonds is 4. The second-order valence-corrected chi connectivity index (χ2v) is 5.27. The molecule has 1 unspecified atom stereocenters. The summed E-state index contributed by atoms with van der Waals surface area (Å²) in [7, 11) is -3.50. The molecule has 13 heavy (non-hydrogen) atoms. The second-order valence-electron chi connectivity index (χ2n) is 3.19. The van der Waals surface area contributed by atoms with Crippen molar-refractivity contribution in [2.75, 3.05) is 12.0 Å². The number of halogens is 2. The molecule has 0 aliphatic carbocycles. The summed E-state index contributed by atoms with van der Waals surface area (Å²) < 4.78 is 25.1. The molecule has 74 valence electrons. The monoisotopic (exact) mass is 206 g/mol. The standard InChI is InChI=1S/C8H12F2N2S/c1-7(6-13(2,9)10)3-8(4-11)5-12/h7-8H,3,6H2,1-2H3. The van der Waals surface area contributed by atoms with Crippen molar-refractivity contribution in [3.05, 3.63) is 0 Å². The first-order valence-electron chi connectivity index (χ1n) is 3.83. The predicted molar refractivity (Wildman–Crippen MR) is 49.1 cm³/mol. The van der Waals surface area contributed by atoms with Gasteiger partial charge in [-0.3, -0.25) is 0 Å². The zero-order valence-electron chi connectivity index (χ0n) is 7.63. The molecule has 0 fully saturated rings. The molecule has 1 atom stereocenters. The minimum atomic E-state index is -3.50. The number of hydrogen-bond acceptors (Lipinski definition) is 2. The Balaban J connectivity index is 3.97. The van der Waals surface area contributed by atoms with Gasteiger partial charge in [-0.15, -0.1) is 0 Å². The first kappa shape index (κ1) is 12.2. The normalized spacial score (nSPS) is 14.7. The van der Waals surface area contributed by atoms with Crippen LogP contribution in [0, 0.1) is 34.5 Å². The highest BCUT2D eigenvalue weighted by Gasteiger charge is 2.21. The van der Waals surface area contributed by atoms with Gasteiger partial charge >= 0.3 is 0 Å². The van der Waals surface area contributed by atoms with Crippen molar-refractivity contribution < 1.29 is 7.77 Å². The number of nitrogens with zero attached hydrogens (tertiary/aromatic N) is 2. The van der Waals surface area contributed by atoms with Gasteiger partial charge in [-0.25, -0.2) is 0 Å². The van der Waals surface area contributed by atoms with E-state index in [4.69, 9.17) is 10.5 Å². The van der Waals surface area contributed by atoms with Gasteiger partial charge in [-0.1, -0.05) is 6.92 Å². The largest absolute Gasteiger partial charge is 0.197 e. The minimum Gasteiger partial charge on any atom is -0.197 e. The molecule has 0 spiro atoms. The lowest BCUT2D eigenvalue weighted by Gasteiger charge is -2.19. The maximum Gasteiger partial charge on any atom is 0.133 e. The van der Waals surface area contributed by atoms with Gasteiger partial charge in [0.2, 0.25) is 0 Å². The summed E-state index contributed by atoms with van der Waals surface area (Å²) in [5, 5.41) is 16.8. The Morgan fingerprint density at radius 3 is 2.08 bits per heavy atom. The van der Waals surface area contributed by atoms with Crippen LogP contribution in [-0.4, -0.2) is 12.0 Å². The zero-order chi connectivity index (χ0) is 10.5. The molecule has 0 aromatic heterocycles. The van der Waals surface area contributed by atoms with E-state index in [1.54, 1.807) is 19.1 Å². The van der Waals surface area contributed by atoms with Gasteiger partial charge in [0.25, 0.3) is 0 Å². The lowest BCUT2D eigenvalue weighted by atomic mass is 10.00. The van der Waals surface area contributed by atoms with E-state index in [1.807, 2.05) is 0 Å². The van der Waals surface area contributed by atoms with Gasteiger partial charge in [-0.05, 0) is 12.3 Å². The molecule has 0 aliphatic rings. The van der Waals surface area contributed by atoms with E-state index in [2.05, 4.69) is 0 Å². The number of hydrogen-bond donors (Lipinski definition) is 0. The Bertz CT molecular complexity index is 222. The second kappa shape index (κ2) is 5.04. The molecule has 0 aliphatic heterocycles. The Labute approximate surface area is 79.1 Å². The lowest BCUT2D eigenvalue weighted by molar-refractivity contribution is 0.538. The van der Waals surface area contributed by atoms with E-state index in [-0.39, 0.29) is 18.1 Å². The van der Waals surface area contributed by atoms with Crippen molar-refractivity contribution in [2.45, 2.75) is 13.3 Å². The van der Waals surface area contributed by atoms with Crippen LogP contribution in [0.25, 0.3) is 0 Å². The van der Waals surface area contributed by atoms with Crippen molar-refractivity contribution in [1.29, 1.82) is 10.5 Å². The van der Waals surface area contributed by atoms with Gasteiger partial charge in [0.15, 0.2) is 0 Å². The molecular weight excluding hydrogens is 194 g/mol. The maximum atomic E-state index is 12.5. The van der Waals surface area contributed by atoms with E-state index in [9.17, 15) is 7.77 Å². The highest BCUT2D eigenvalue weighted by atomic mass is 32.3. The van der Waals surface area contributed by atoms with Crippen LogP contribution in [0.3, 0.4) is 0 Å². The van der Waals surface area contributed by atoms with Crippen molar-refractivity contribution in [2.24, 2.45) is 11.8 Å². The summed E-state index contributed by atoms with van der Waals surface area (Å²) in [4.78, 5) is 0. The van der Waals surface area contributed by atoms with E-state index in [0.29, 0.717) is 0 Å². The third-order valence-electron chi connectivity index (χ3n) is 1.53. The average Bonchev–Trinajstić information content (AvgIpc) is 1.96. The molecule has 0 heterocycles. The summed E-state index contributed by atoms with van der Waals surface area (Å²) in [6, 6.07) is 3.54. The van der Waals surface area contributed by atoms with Crippen LogP contribution in [0.4, 0.5) is 7.77 Å². The summed E-state index contributed by atoms with van der Waals surface area (Å²) in [6.07, 6.45) is 1.17. The highest BCUT2D eigenvalue weighted by molar-refractivity contribution is 8.24. The Morgan fingerprint density at radius 2 is 1.77 bits per heavy atom. The van der Waals surface area contributed by atoms with Crippen LogP contribution in [0.1, 0.15) is 13.3 Å². The van der Waals surface area contributed by atoms with Gasteiger partial charge in [0.1, 0.15) is 5.92 Å². The van der Waals surface area contributed by atoms with Crippen LogP contribution in [0.15, 0.2) is 0 Å². The zero-order valence-corrected chi connectivity index (χ0v) is 8.44. The summed E-state index contributed by atoms with van der Waals surface area (Å²) in [5.74, 6) is -1.21. The quantitative estimate of drug-likeness (QED) is 0.710. The molecule has 0 amide bonds. The molecule has 0 saturated carbocycles. The minimum absolute atomic E-state index is 0.188. The molecular formula is C8H12F2N2S. The van der Waals surface area contributed by atoms with Crippen LogP contribution in [0.2, 0.25) is 0 Å². The Morgan fingerprint density at radius 1 is 1.31 bits per heavy atom. The van der Waals surface area contributed by atoms with E-state index >= 15 is 0 Å². The fourth-order valence-electron chi connectivity index (χ4n) is 1.10. The van der Waals surface area contributed by atoms with Gasteiger partial charge in [0, 0.05) is 12.0 Å². The number of nitriles is 2. The molecule has 0 bridgehead atoms. The summed E-state index contributed by atoms with van der Waals surface area (Å²) in [6.45, 7) is 1.64. The first-order chi connectivity index (χ1) is 5.89. The van der Waals surface area contributed by atoms with Crippen molar-refractivity contribution in [3.63, 3.8) is 0 Å². The Kier molecular flexibility index (Phi) is 4.72. The molecule has 2 nitrogen and oxygen atoms in total. The lowest BCUT2D eigenvalue weighted by Crippen LogP contribution is -2.08. The molecule has 0 N–H and O–H groups in total. The van der Waals surface area contributed by atoms with Crippen molar-refractivity contribution in [3.8, 4) is 12.1 Å².